The summed E-state index contributed by atoms with van der Waals surface area (Å²) >= 11 is 0. The maximum atomic E-state index is 8.11. The third-order valence-corrected chi connectivity index (χ3v) is 0.894. The normalized spacial score (nSPS) is 9.25. The third kappa shape index (κ3) is 5.49. The average molecular weight is 110 g/mol. The molecule has 0 rings (SSSR count). The summed E-state index contributed by atoms with van der Waals surface area (Å²) in [5.41, 5.74) is 0. The summed E-state index contributed by atoms with van der Waals surface area (Å²) in [6.45, 7) is 4.24. The van der Waals surface area contributed by atoms with E-state index in [0.29, 0.717) is 12.3 Å². The van der Waals surface area contributed by atoms with Gasteiger partial charge in [0, 0.05) is 6.42 Å². The molecule has 45 valence electrons. The predicted molar refractivity (Wildman–Crippen MR) is 34.0 cm³/mol. The van der Waals surface area contributed by atoms with E-state index in [-0.39, 0.29) is 0 Å². The molecular formula is C7H12N. The number of unbranched alkanes of at least 4 members (excludes halogenated alkanes) is 1. The van der Waals surface area contributed by atoms with E-state index < -0.39 is 0 Å². The molecule has 0 unspecified atom stereocenters. The van der Waals surface area contributed by atoms with Crippen molar-refractivity contribution in [2.45, 2.75) is 26.7 Å². The molecule has 0 aromatic heterocycles. The van der Waals surface area contributed by atoms with Crippen molar-refractivity contribution in [3.63, 3.8) is 0 Å². The van der Waals surface area contributed by atoms with Gasteiger partial charge in [-0.1, -0.05) is 13.8 Å². The summed E-state index contributed by atoms with van der Waals surface area (Å²) in [6.07, 6.45) is 3.76. The molecule has 0 aliphatic rings. The van der Waals surface area contributed by atoms with Crippen LogP contribution >= 0.6 is 0 Å². The van der Waals surface area contributed by atoms with E-state index >= 15 is 0 Å². The molecule has 0 atom stereocenters. The minimum atomic E-state index is 0.628. The highest BCUT2D eigenvalue weighted by atomic mass is 14.2. The van der Waals surface area contributed by atoms with Crippen LogP contribution in [0.1, 0.15) is 26.7 Å². The van der Waals surface area contributed by atoms with Crippen molar-refractivity contribution >= 4 is 0 Å². The molecule has 8 heavy (non-hydrogen) atoms. The Hall–Kier alpha value is -0.510. The van der Waals surface area contributed by atoms with Crippen molar-refractivity contribution in [1.82, 2.24) is 0 Å². The molecule has 0 spiro atoms. The molecule has 0 aromatic carbocycles. The first kappa shape index (κ1) is 7.49. The van der Waals surface area contributed by atoms with Gasteiger partial charge < -0.3 is 0 Å². The van der Waals surface area contributed by atoms with Gasteiger partial charge in [0.1, 0.15) is 0 Å². The molecule has 1 radical (unpaired) electrons. The van der Waals surface area contributed by atoms with Gasteiger partial charge in [0.15, 0.2) is 0 Å². The van der Waals surface area contributed by atoms with Crippen LogP contribution in [0.2, 0.25) is 0 Å². The van der Waals surface area contributed by atoms with Crippen molar-refractivity contribution in [3.8, 4) is 6.07 Å². The van der Waals surface area contributed by atoms with Crippen molar-refractivity contribution in [2.24, 2.45) is 5.92 Å². The maximum Gasteiger partial charge on any atom is 0.0621 e. The topological polar surface area (TPSA) is 23.8 Å². The molecule has 0 N–H and O–H groups in total. The fraction of sp³-hybridized carbons (Fsp3) is 0.714. The van der Waals surface area contributed by atoms with E-state index in [1.165, 1.54) is 0 Å². The van der Waals surface area contributed by atoms with E-state index in [2.05, 4.69) is 26.3 Å². The zero-order valence-corrected chi connectivity index (χ0v) is 5.52. The van der Waals surface area contributed by atoms with E-state index in [9.17, 15) is 0 Å². The highest BCUT2D eigenvalue weighted by molar-refractivity contribution is 4.77. The lowest BCUT2D eigenvalue weighted by atomic mass is 10.1. The maximum absolute atomic E-state index is 8.11. The standard InChI is InChI=1S/C7H12N/c1-7(2)5-3-4-6-8/h5,7H,3-4H2,1-2H3. The highest BCUT2D eigenvalue weighted by Gasteiger charge is 1.91. The molecule has 0 aliphatic carbocycles. The monoisotopic (exact) mass is 110 g/mol. The molecule has 0 saturated carbocycles. The van der Waals surface area contributed by atoms with Crippen molar-refractivity contribution in [1.29, 1.82) is 5.26 Å². The first-order chi connectivity index (χ1) is 3.77. The van der Waals surface area contributed by atoms with Crippen LogP contribution in [0.15, 0.2) is 0 Å². The van der Waals surface area contributed by atoms with Gasteiger partial charge in [-0.05, 0) is 18.8 Å². The van der Waals surface area contributed by atoms with Crippen LogP contribution in [0.4, 0.5) is 0 Å². The number of nitrogens with zero attached hydrogens (tertiary/aromatic N) is 1. The summed E-state index contributed by atoms with van der Waals surface area (Å²) in [7, 11) is 0. The van der Waals surface area contributed by atoms with Gasteiger partial charge in [0.2, 0.25) is 0 Å². The lowest BCUT2D eigenvalue weighted by Crippen LogP contribution is -1.86. The van der Waals surface area contributed by atoms with Crippen LogP contribution in [-0.2, 0) is 0 Å². The zero-order valence-electron chi connectivity index (χ0n) is 5.52. The van der Waals surface area contributed by atoms with Crippen molar-refractivity contribution in [2.75, 3.05) is 0 Å². The SMILES string of the molecule is CC(C)[CH]CCC#N. The Kier molecular flexibility index (Phi) is 4.35. The minimum Gasteiger partial charge on any atom is -0.198 e. The Labute approximate surface area is 51.3 Å². The predicted octanol–water partition coefficient (Wildman–Crippen LogP) is 2.15. The number of rotatable bonds is 3. The molecular weight excluding hydrogens is 98.1 g/mol. The Bertz CT molecular complexity index is 78.9. The van der Waals surface area contributed by atoms with E-state index in [0.717, 1.165) is 6.42 Å². The first-order valence-electron chi connectivity index (χ1n) is 2.97. The van der Waals surface area contributed by atoms with Gasteiger partial charge in [-0.15, -0.1) is 0 Å². The second-order valence-electron chi connectivity index (χ2n) is 2.18. The molecule has 0 amide bonds. The molecule has 1 nitrogen and oxygen atoms in total. The van der Waals surface area contributed by atoms with Gasteiger partial charge in [0.25, 0.3) is 0 Å². The number of nitriles is 1. The van der Waals surface area contributed by atoms with Crippen LogP contribution < -0.4 is 0 Å². The summed E-state index contributed by atoms with van der Waals surface area (Å²) in [5, 5.41) is 8.11. The number of hydrogen-bond acceptors (Lipinski definition) is 1. The van der Waals surface area contributed by atoms with Crippen LogP contribution in [0, 0.1) is 23.7 Å². The van der Waals surface area contributed by atoms with E-state index in [4.69, 9.17) is 5.26 Å². The van der Waals surface area contributed by atoms with Crippen LogP contribution in [0.5, 0.6) is 0 Å². The summed E-state index contributed by atoms with van der Waals surface area (Å²) < 4.78 is 0. The Morgan fingerprint density at radius 3 is 2.62 bits per heavy atom. The summed E-state index contributed by atoms with van der Waals surface area (Å²) in [6, 6.07) is 2.09. The lowest BCUT2D eigenvalue weighted by Gasteiger charge is -1.97. The fourth-order valence-corrected chi connectivity index (χ4v) is 0.481. The smallest absolute Gasteiger partial charge is 0.0621 e. The fourth-order valence-electron chi connectivity index (χ4n) is 0.481. The summed E-state index contributed by atoms with van der Waals surface area (Å²) in [5.74, 6) is 0.628. The molecule has 0 heterocycles. The number of hydrogen-bond donors (Lipinski definition) is 0. The Morgan fingerprint density at radius 2 is 2.25 bits per heavy atom. The highest BCUT2D eigenvalue weighted by Crippen LogP contribution is 2.02. The molecule has 1 heteroatoms. The average Bonchev–Trinajstić information content (AvgIpc) is 1.66. The van der Waals surface area contributed by atoms with Gasteiger partial charge >= 0.3 is 0 Å². The minimum absolute atomic E-state index is 0.628. The van der Waals surface area contributed by atoms with E-state index in [1.807, 2.05) is 0 Å². The van der Waals surface area contributed by atoms with Crippen molar-refractivity contribution in [3.05, 3.63) is 6.42 Å². The third-order valence-electron chi connectivity index (χ3n) is 0.894. The molecule has 0 aliphatic heterocycles. The molecule has 0 fully saturated rings. The molecule has 0 bridgehead atoms. The van der Waals surface area contributed by atoms with Crippen LogP contribution in [0.3, 0.4) is 0 Å². The summed E-state index contributed by atoms with van der Waals surface area (Å²) in [4.78, 5) is 0. The second-order valence-corrected chi connectivity index (χ2v) is 2.18. The quantitative estimate of drug-likeness (QED) is 0.511. The van der Waals surface area contributed by atoms with E-state index in [1.54, 1.807) is 0 Å². The van der Waals surface area contributed by atoms with Gasteiger partial charge in [-0.3, -0.25) is 0 Å². The zero-order chi connectivity index (χ0) is 6.41. The van der Waals surface area contributed by atoms with Gasteiger partial charge in [0.05, 0.1) is 6.07 Å². The van der Waals surface area contributed by atoms with Gasteiger partial charge in [-0.25, -0.2) is 0 Å². The Morgan fingerprint density at radius 1 is 1.62 bits per heavy atom. The molecule has 0 aromatic rings. The second kappa shape index (κ2) is 4.64. The Balaban J connectivity index is 2.85. The van der Waals surface area contributed by atoms with Gasteiger partial charge in [-0.2, -0.15) is 5.26 Å². The van der Waals surface area contributed by atoms with Crippen LogP contribution in [-0.4, -0.2) is 0 Å². The van der Waals surface area contributed by atoms with Crippen molar-refractivity contribution < 1.29 is 0 Å². The largest absolute Gasteiger partial charge is 0.198 e. The first-order valence-corrected chi connectivity index (χ1v) is 2.97. The van der Waals surface area contributed by atoms with Crippen LogP contribution in [0.25, 0.3) is 0 Å². The lowest BCUT2D eigenvalue weighted by molar-refractivity contribution is 0.708. The molecule has 0 saturated heterocycles.